The smallest absolute Gasteiger partial charge is 0.463 e. The number of allylic oxidation sites excluding steroid dienone is 24. The third kappa shape index (κ3) is 80.3. The molecule has 0 aromatic rings. The van der Waals surface area contributed by atoms with Crippen molar-refractivity contribution in [1.82, 2.24) is 0 Å². The Morgan fingerprint density at radius 1 is 0.267 bits per heavy atom. The van der Waals surface area contributed by atoms with Crippen LogP contribution >= 0.6 is 15.6 Å². The van der Waals surface area contributed by atoms with Gasteiger partial charge in [-0.3, -0.25) is 32.5 Å². The summed E-state index contributed by atoms with van der Waals surface area (Å²) in [6, 6.07) is 0. The minimum atomic E-state index is -4.95. The summed E-state index contributed by atoms with van der Waals surface area (Å²) >= 11 is 0. The largest absolute Gasteiger partial charge is 0.472 e. The van der Waals surface area contributed by atoms with Gasteiger partial charge in [0.05, 0.1) is 26.4 Å². The molecule has 105 heavy (non-hydrogen) atoms. The molecular weight excluding hydrogens is 1360 g/mol. The van der Waals surface area contributed by atoms with Gasteiger partial charge in [0.25, 0.3) is 0 Å². The Labute approximate surface area is 638 Å². The van der Waals surface area contributed by atoms with Gasteiger partial charge in [-0.15, -0.1) is 0 Å². The van der Waals surface area contributed by atoms with E-state index in [0.717, 1.165) is 173 Å². The van der Waals surface area contributed by atoms with Crippen LogP contribution in [0.4, 0.5) is 0 Å². The fourth-order valence-electron chi connectivity index (χ4n) is 10.7. The van der Waals surface area contributed by atoms with E-state index in [4.69, 9.17) is 32.3 Å². The van der Waals surface area contributed by atoms with Gasteiger partial charge in [-0.2, -0.15) is 0 Å². The van der Waals surface area contributed by atoms with E-state index in [1.807, 2.05) is 0 Å². The van der Waals surface area contributed by atoms with Crippen molar-refractivity contribution in [2.75, 3.05) is 39.6 Å². The number of esters is 3. The van der Waals surface area contributed by atoms with Crippen molar-refractivity contribution in [3.05, 3.63) is 146 Å². The normalized spacial score (nSPS) is 14.7. The predicted molar refractivity (Wildman–Crippen MR) is 436 cm³/mol. The Morgan fingerprint density at radius 2 is 0.476 bits per heavy atom. The maximum atomic E-state index is 13.0. The van der Waals surface area contributed by atoms with Crippen LogP contribution in [-0.2, 0) is 55.8 Å². The molecule has 0 fully saturated rings. The number of ether oxygens (including phenoxy) is 3. The van der Waals surface area contributed by atoms with Crippen LogP contribution in [0.25, 0.3) is 0 Å². The summed E-state index contributed by atoms with van der Waals surface area (Å²) in [7, 11) is -9.81. The van der Waals surface area contributed by atoms with Crippen LogP contribution in [0.1, 0.15) is 329 Å². The lowest BCUT2D eigenvalue weighted by molar-refractivity contribution is -0.161. The number of aliphatic hydroxyl groups is 2. The molecular formula is C87H148O16P2. The van der Waals surface area contributed by atoms with Crippen LogP contribution in [0.2, 0.25) is 0 Å². The van der Waals surface area contributed by atoms with E-state index in [2.05, 4.69) is 167 Å². The molecule has 0 amide bonds. The predicted octanol–water partition coefficient (Wildman–Crippen LogP) is 24.4. The molecule has 0 heterocycles. The second-order valence-corrected chi connectivity index (χ2v) is 30.1. The average Bonchev–Trinajstić information content (AvgIpc) is 0.963. The van der Waals surface area contributed by atoms with E-state index >= 15 is 0 Å². The lowest BCUT2D eigenvalue weighted by Crippen LogP contribution is -2.30. The van der Waals surface area contributed by atoms with Gasteiger partial charge in [0.15, 0.2) is 6.10 Å². The van der Waals surface area contributed by atoms with Crippen molar-refractivity contribution < 1.29 is 75.8 Å². The lowest BCUT2D eigenvalue weighted by Gasteiger charge is -2.21. The van der Waals surface area contributed by atoms with E-state index < -0.39 is 91.5 Å². The highest BCUT2D eigenvalue weighted by atomic mass is 31.2. The summed E-state index contributed by atoms with van der Waals surface area (Å²) in [6.07, 6.45) is 97.3. The van der Waals surface area contributed by atoms with Crippen LogP contribution in [-0.4, -0.2) is 95.9 Å². The molecule has 0 bridgehead atoms. The van der Waals surface area contributed by atoms with Gasteiger partial charge in [-0.05, 0) is 154 Å². The fraction of sp³-hybridized carbons (Fsp3) is 0.690. The van der Waals surface area contributed by atoms with Crippen LogP contribution in [0, 0.1) is 0 Å². The molecule has 0 saturated heterocycles. The number of hydrogen-bond donors (Lipinski definition) is 4. The Bertz CT molecular complexity index is 2490. The van der Waals surface area contributed by atoms with Crippen LogP contribution in [0.5, 0.6) is 0 Å². The fourth-order valence-corrected chi connectivity index (χ4v) is 12.3. The quantitative estimate of drug-likeness (QED) is 0.0146. The number of aliphatic hydroxyl groups excluding tert-OH is 2. The third-order valence-corrected chi connectivity index (χ3v) is 18.9. The summed E-state index contributed by atoms with van der Waals surface area (Å²) < 4.78 is 61.3. The number of carbonyl (C=O) groups excluding carboxylic acids is 3. The Morgan fingerprint density at radius 3 is 0.752 bits per heavy atom. The number of phosphoric ester groups is 2. The lowest BCUT2D eigenvalue weighted by atomic mass is 10.1. The van der Waals surface area contributed by atoms with E-state index in [0.29, 0.717) is 19.3 Å². The zero-order chi connectivity index (χ0) is 76.6. The number of hydrogen-bond acceptors (Lipinski definition) is 14. The molecule has 0 rings (SSSR count). The van der Waals surface area contributed by atoms with Crippen molar-refractivity contribution in [3.63, 3.8) is 0 Å². The molecule has 0 aliphatic carbocycles. The van der Waals surface area contributed by atoms with Crippen molar-refractivity contribution in [2.45, 2.75) is 347 Å². The number of carbonyl (C=O) groups is 3. The first-order chi connectivity index (χ1) is 51.2. The second kappa shape index (κ2) is 79.0. The van der Waals surface area contributed by atoms with Gasteiger partial charge in [-0.25, -0.2) is 9.13 Å². The maximum Gasteiger partial charge on any atom is 0.472 e. The van der Waals surface area contributed by atoms with Crippen LogP contribution < -0.4 is 0 Å². The summed E-state index contributed by atoms with van der Waals surface area (Å²) in [5, 5.41) is 20.7. The summed E-state index contributed by atoms with van der Waals surface area (Å²) in [6.45, 7) is 2.57. The zero-order valence-electron chi connectivity index (χ0n) is 65.9. The SMILES string of the molecule is CCCCC/C=C\C/C=C\C/C=C\C/C=C\CCCCCCCCCCCC(=O)OCC(O)COP(=O)(O)OCC(O)COP(=O)(O)OCC(COC(=O)CCCCCCCCC/C=C\C/C=C\C/C=C\C/C=C\CCCCC)OC(=O)CCCCCCC/C=C\C/C=C\C/C=C\C/C=C\CCCCC. The van der Waals surface area contributed by atoms with Crippen molar-refractivity contribution >= 4 is 33.6 Å². The number of phosphoric acid groups is 2. The minimum Gasteiger partial charge on any atom is -0.463 e. The first kappa shape index (κ1) is 100. The number of unbranched alkanes of at least 4 members (excludes halogenated alkanes) is 30. The van der Waals surface area contributed by atoms with Gasteiger partial charge in [0.2, 0.25) is 0 Å². The van der Waals surface area contributed by atoms with Gasteiger partial charge in [0, 0.05) is 19.3 Å². The first-order valence-electron chi connectivity index (χ1n) is 41.1. The molecule has 0 aromatic heterocycles. The van der Waals surface area contributed by atoms with Gasteiger partial charge in [0.1, 0.15) is 25.4 Å². The highest BCUT2D eigenvalue weighted by molar-refractivity contribution is 7.47. The molecule has 18 heteroatoms. The molecule has 16 nitrogen and oxygen atoms in total. The Hall–Kier alpha value is -4.57. The molecule has 0 spiro atoms. The highest BCUT2D eigenvalue weighted by Gasteiger charge is 2.29. The van der Waals surface area contributed by atoms with Gasteiger partial charge < -0.3 is 34.2 Å². The zero-order valence-corrected chi connectivity index (χ0v) is 67.6. The summed E-state index contributed by atoms with van der Waals surface area (Å²) in [5.41, 5.74) is 0. The van der Waals surface area contributed by atoms with Crippen molar-refractivity contribution in [1.29, 1.82) is 0 Å². The van der Waals surface area contributed by atoms with Crippen molar-refractivity contribution in [3.8, 4) is 0 Å². The van der Waals surface area contributed by atoms with E-state index in [-0.39, 0.29) is 19.3 Å². The molecule has 0 aromatic carbocycles. The minimum absolute atomic E-state index is 0.0764. The van der Waals surface area contributed by atoms with Crippen molar-refractivity contribution in [2.24, 2.45) is 0 Å². The standard InChI is InChI=1S/C87H148O16P2/c1-4-7-10-13-16-19-22-25-28-31-34-37-39-40-42-45-46-49-52-55-58-61-64-67-70-73-85(90)97-76-82(88)77-99-104(93,94)100-78-83(89)79-101-105(95,96)102-81-84(103-87(92)75-72-69-66-63-60-57-54-51-48-43-36-33-30-27-24-21-18-15-12-9-6-3)80-98-86(91)74-71-68-65-62-59-56-53-50-47-44-41-38-35-32-29-26-23-20-17-14-11-8-5-2/h16-21,25-30,34-38,40,42-44,47,51,54,82-84,88-89H,4-15,22-24,31-33,39,41,45-46,48-50,52-53,55-81H2,1-3H3,(H,93,94)(H,95,96)/b19-16-,20-17-,21-18-,28-25-,29-26-,30-27-,37-34-,38-35-,42-40-,43-36-,47-44-,54-51-. The molecule has 602 valence electrons. The van der Waals surface area contributed by atoms with E-state index in [1.54, 1.807) is 0 Å². The molecule has 0 aliphatic rings. The maximum absolute atomic E-state index is 13.0. The summed E-state index contributed by atoms with van der Waals surface area (Å²) in [4.78, 5) is 58.8. The van der Waals surface area contributed by atoms with Crippen LogP contribution in [0.15, 0.2) is 146 Å². The molecule has 4 N–H and O–H groups in total. The first-order valence-corrected chi connectivity index (χ1v) is 44.1. The molecule has 0 saturated carbocycles. The van der Waals surface area contributed by atoms with E-state index in [9.17, 15) is 43.5 Å². The van der Waals surface area contributed by atoms with Crippen LogP contribution in [0.3, 0.4) is 0 Å². The molecule has 0 aliphatic heterocycles. The topological polar surface area (TPSA) is 231 Å². The molecule has 5 atom stereocenters. The highest BCUT2D eigenvalue weighted by Crippen LogP contribution is 2.45. The van der Waals surface area contributed by atoms with E-state index in [1.165, 1.54) is 96.3 Å². The average molecular weight is 1510 g/mol. The molecule has 5 unspecified atom stereocenters. The second-order valence-electron chi connectivity index (χ2n) is 27.2. The van der Waals surface area contributed by atoms with Gasteiger partial charge >= 0.3 is 33.6 Å². The third-order valence-electron chi connectivity index (χ3n) is 17.0. The molecule has 0 radical (unpaired) electrons. The monoisotopic (exact) mass is 1510 g/mol. The summed E-state index contributed by atoms with van der Waals surface area (Å²) in [5.74, 6) is -1.61. The Balaban J connectivity index is 4.71. The Kier molecular flexibility index (Phi) is 75.6. The number of rotatable bonds is 77. The van der Waals surface area contributed by atoms with Gasteiger partial charge in [-0.1, -0.05) is 301 Å².